The van der Waals surface area contributed by atoms with Gasteiger partial charge in [-0.2, -0.15) is 8.42 Å². The maximum Gasteiger partial charge on any atom is 0.274 e. The van der Waals surface area contributed by atoms with Crippen LogP contribution in [0.5, 0.6) is 0 Å². The monoisotopic (exact) mass is 192 g/mol. The van der Waals surface area contributed by atoms with Crippen molar-refractivity contribution in [2.45, 2.75) is 18.1 Å². The quantitative estimate of drug-likeness (QED) is 0.607. The molecule has 12 heavy (non-hydrogen) atoms. The van der Waals surface area contributed by atoms with Crippen molar-refractivity contribution >= 4 is 10.1 Å². The van der Waals surface area contributed by atoms with Crippen LogP contribution in [0.3, 0.4) is 0 Å². The predicted octanol–water partition coefficient (Wildman–Crippen LogP) is 0.324. The van der Waals surface area contributed by atoms with Gasteiger partial charge in [-0.1, -0.05) is 24.3 Å². The molecular formula is C7H12O4S. The summed E-state index contributed by atoms with van der Waals surface area (Å²) in [5.41, 5.74) is 0. The lowest BCUT2D eigenvalue weighted by molar-refractivity contribution is 0.452. The zero-order valence-electron chi connectivity index (χ0n) is 6.69. The van der Waals surface area contributed by atoms with Crippen molar-refractivity contribution in [1.82, 2.24) is 0 Å². The molecular weight excluding hydrogens is 180 g/mol. The van der Waals surface area contributed by atoms with Gasteiger partial charge in [0.05, 0.1) is 0 Å². The fraction of sp³-hybridized carbons (Fsp3) is 0.429. The summed E-state index contributed by atoms with van der Waals surface area (Å²) in [6, 6.07) is 0. The Balaban J connectivity index is 0.00000121. The number of hydrogen-bond donors (Lipinski definition) is 1. The van der Waals surface area contributed by atoms with Gasteiger partial charge in [-0.25, -0.2) is 0 Å². The van der Waals surface area contributed by atoms with Crippen LogP contribution >= 0.6 is 0 Å². The minimum absolute atomic E-state index is 0. The third kappa shape index (κ3) is 1.94. The van der Waals surface area contributed by atoms with Gasteiger partial charge in [0, 0.05) is 0 Å². The molecule has 0 aromatic heterocycles. The van der Waals surface area contributed by atoms with E-state index in [1.54, 1.807) is 18.2 Å². The molecule has 70 valence electrons. The average molecular weight is 192 g/mol. The van der Waals surface area contributed by atoms with Crippen LogP contribution in [0.15, 0.2) is 24.3 Å². The lowest BCUT2D eigenvalue weighted by atomic mass is 10.0. The Morgan fingerprint density at radius 2 is 2.00 bits per heavy atom. The van der Waals surface area contributed by atoms with E-state index >= 15 is 0 Å². The van der Waals surface area contributed by atoms with Crippen molar-refractivity contribution in [3.8, 4) is 0 Å². The molecule has 0 aliphatic heterocycles. The van der Waals surface area contributed by atoms with E-state index in [2.05, 4.69) is 0 Å². The highest BCUT2D eigenvalue weighted by molar-refractivity contribution is 7.87. The summed E-state index contributed by atoms with van der Waals surface area (Å²) in [6.07, 6.45) is 6.92. The Hall–Kier alpha value is -0.650. The molecule has 0 spiro atoms. The van der Waals surface area contributed by atoms with E-state index in [0.717, 1.165) is 0 Å². The fourth-order valence-corrected chi connectivity index (χ4v) is 1.46. The summed E-state index contributed by atoms with van der Waals surface area (Å²) in [6.45, 7) is 1.49. The third-order valence-electron chi connectivity index (χ3n) is 1.81. The van der Waals surface area contributed by atoms with E-state index in [9.17, 15) is 8.42 Å². The average Bonchev–Trinajstić information content (AvgIpc) is 1.87. The minimum Gasteiger partial charge on any atom is -0.412 e. The van der Waals surface area contributed by atoms with Crippen LogP contribution in [-0.4, -0.2) is 23.2 Å². The van der Waals surface area contributed by atoms with Gasteiger partial charge in [-0.05, 0) is 13.3 Å². The van der Waals surface area contributed by atoms with Gasteiger partial charge in [0.2, 0.25) is 0 Å². The van der Waals surface area contributed by atoms with E-state index in [4.69, 9.17) is 4.55 Å². The zero-order valence-corrected chi connectivity index (χ0v) is 7.50. The second-order valence-corrected chi connectivity index (χ2v) is 4.66. The third-order valence-corrected chi connectivity index (χ3v) is 3.29. The normalized spacial score (nSPS) is 28.2. The van der Waals surface area contributed by atoms with Crippen molar-refractivity contribution in [2.75, 3.05) is 0 Å². The van der Waals surface area contributed by atoms with E-state index in [1.807, 2.05) is 0 Å². The Bertz CT molecular complexity index is 301. The van der Waals surface area contributed by atoms with Crippen LogP contribution in [0.25, 0.3) is 0 Å². The van der Waals surface area contributed by atoms with Gasteiger partial charge in [-0.3, -0.25) is 4.55 Å². The van der Waals surface area contributed by atoms with Crippen LogP contribution < -0.4 is 0 Å². The number of rotatable bonds is 1. The van der Waals surface area contributed by atoms with E-state index in [-0.39, 0.29) is 5.48 Å². The van der Waals surface area contributed by atoms with Crippen molar-refractivity contribution in [3.63, 3.8) is 0 Å². The fourth-order valence-electron chi connectivity index (χ4n) is 0.899. The van der Waals surface area contributed by atoms with Crippen LogP contribution in [0, 0.1) is 0 Å². The highest BCUT2D eigenvalue weighted by Crippen LogP contribution is 2.25. The summed E-state index contributed by atoms with van der Waals surface area (Å²) in [5, 5.41) is 0. The molecule has 0 aromatic carbocycles. The van der Waals surface area contributed by atoms with E-state index in [0.29, 0.717) is 6.42 Å². The topological polar surface area (TPSA) is 85.9 Å². The highest BCUT2D eigenvalue weighted by Gasteiger charge is 2.34. The smallest absolute Gasteiger partial charge is 0.274 e. The Morgan fingerprint density at radius 1 is 1.42 bits per heavy atom. The molecule has 0 aromatic rings. The molecule has 1 atom stereocenters. The number of allylic oxidation sites excluding steroid dienone is 3. The standard InChI is InChI=1S/C7H10O3S.H2O/c1-7(11(8,9)10)5-3-2-4-6-7;/h2-5H,6H2,1H3,(H,8,9,10);1H2. The second kappa shape index (κ2) is 3.38. The Morgan fingerprint density at radius 3 is 2.25 bits per heavy atom. The lowest BCUT2D eigenvalue weighted by Gasteiger charge is -2.21. The Kier molecular flexibility index (Phi) is 3.20. The molecule has 1 aliphatic rings. The van der Waals surface area contributed by atoms with Gasteiger partial charge in [0.25, 0.3) is 10.1 Å². The van der Waals surface area contributed by atoms with Crippen molar-refractivity contribution in [1.29, 1.82) is 0 Å². The molecule has 1 unspecified atom stereocenters. The predicted molar refractivity (Wildman–Crippen MR) is 46.5 cm³/mol. The molecule has 3 N–H and O–H groups in total. The highest BCUT2D eigenvalue weighted by atomic mass is 32.2. The first-order valence-corrected chi connectivity index (χ1v) is 4.71. The molecule has 5 heteroatoms. The molecule has 0 heterocycles. The van der Waals surface area contributed by atoms with Crippen molar-refractivity contribution in [2.24, 2.45) is 0 Å². The van der Waals surface area contributed by atoms with Crippen LogP contribution in [-0.2, 0) is 10.1 Å². The summed E-state index contributed by atoms with van der Waals surface area (Å²) in [7, 11) is -3.96. The molecule has 0 amide bonds. The summed E-state index contributed by atoms with van der Waals surface area (Å²) in [5.74, 6) is 0. The maximum atomic E-state index is 10.8. The van der Waals surface area contributed by atoms with Gasteiger partial charge < -0.3 is 5.48 Å². The molecule has 0 fully saturated rings. The minimum atomic E-state index is -3.96. The van der Waals surface area contributed by atoms with Crippen molar-refractivity contribution < 1.29 is 18.4 Å². The molecule has 0 saturated carbocycles. The first kappa shape index (κ1) is 11.4. The van der Waals surface area contributed by atoms with Crippen LogP contribution in [0.2, 0.25) is 0 Å². The first-order valence-electron chi connectivity index (χ1n) is 3.27. The van der Waals surface area contributed by atoms with Crippen molar-refractivity contribution in [3.05, 3.63) is 24.3 Å². The maximum absolute atomic E-state index is 10.8. The molecule has 1 aliphatic carbocycles. The van der Waals surface area contributed by atoms with Gasteiger partial charge >= 0.3 is 0 Å². The molecule has 0 bridgehead atoms. The van der Waals surface area contributed by atoms with Crippen LogP contribution in [0.1, 0.15) is 13.3 Å². The molecule has 1 rings (SSSR count). The van der Waals surface area contributed by atoms with Gasteiger partial charge in [-0.15, -0.1) is 0 Å². The van der Waals surface area contributed by atoms with Crippen LogP contribution in [0.4, 0.5) is 0 Å². The van der Waals surface area contributed by atoms with E-state index < -0.39 is 14.9 Å². The number of hydrogen-bond acceptors (Lipinski definition) is 2. The summed E-state index contributed by atoms with van der Waals surface area (Å²) >= 11 is 0. The second-order valence-electron chi connectivity index (χ2n) is 2.78. The molecule has 0 radical (unpaired) electrons. The molecule has 0 saturated heterocycles. The first-order chi connectivity index (χ1) is 4.96. The van der Waals surface area contributed by atoms with Gasteiger partial charge in [0.1, 0.15) is 4.75 Å². The summed E-state index contributed by atoms with van der Waals surface area (Å²) in [4.78, 5) is 0. The largest absolute Gasteiger partial charge is 0.412 e. The zero-order chi connectivity index (χ0) is 8.54. The SMILES string of the molecule is CC1(S(=O)(=O)O)C=CC=CC1.O. The summed E-state index contributed by atoms with van der Waals surface area (Å²) < 4.78 is 29.2. The molecule has 4 nitrogen and oxygen atoms in total. The van der Waals surface area contributed by atoms with E-state index in [1.165, 1.54) is 13.0 Å². The van der Waals surface area contributed by atoms with Gasteiger partial charge in [0.15, 0.2) is 0 Å². The lowest BCUT2D eigenvalue weighted by Crippen LogP contribution is -2.32. The Labute approximate surface area is 71.7 Å².